The Morgan fingerprint density at radius 1 is 1.38 bits per heavy atom. The van der Waals surface area contributed by atoms with Crippen molar-refractivity contribution in [3.05, 3.63) is 40.1 Å². The number of H-pyrrole nitrogens is 1. The van der Waals surface area contributed by atoms with E-state index in [1.54, 1.807) is 32.4 Å². The van der Waals surface area contributed by atoms with Gasteiger partial charge in [-0.25, -0.2) is 5.43 Å². The van der Waals surface area contributed by atoms with Crippen LogP contribution in [-0.2, 0) is 0 Å². The quantitative estimate of drug-likeness (QED) is 0.635. The van der Waals surface area contributed by atoms with E-state index in [4.69, 9.17) is 9.47 Å². The van der Waals surface area contributed by atoms with Gasteiger partial charge in [0.25, 0.3) is 5.91 Å². The van der Waals surface area contributed by atoms with E-state index in [1.165, 1.54) is 12.4 Å². The normalized spacial score (nSPS) is 10.6. The van der Waals surface area contributed by atoms with Gasteiger partial charge in [-0.3, -0.25) is 9.89 Å². The third kappa shape index (κ3) is 3.60. The number of amides is 1. The highest BCUT2D eigenvalue weighted by molar-refractivity contribution is 9.10. The molecule has 0 aliphatic carbocycles. The van der Waals surface area contributed by atoms with E-state index in [9.17, 15) is 4.79 Å². The Kier molecular flexibility index (Phi) is 4.94. The molecule has 0 bridgehead atoms. The second kappa shape index (κ2) is 6.89. The van der Waals surface area contributed by atoms with Gasteiger partial charge in [0.1, 0.15) is 5.69 Å². The number of rotatable bonds is 5. The average molecular weight is 353 g/mol. The topological polar surface area (TPSA) is 88.6 Å². The highest BCUT2D eigenvalue weighted by Crippen LogP contribution is 2.26. The zero-order chi connectivity index (χ0) is 15.2. The summed E-state index contributed by atoms with van der Waals surface area (Å²) in [6.45, 7) is 0. The highest BCUT2D eigenvalue weighted by atomic mass is 79.9. The van der Waals surface area contributed by atoms with Crippen LogP contribution in [0.1, 0.15) is 16.1 Å². The molecule has 0 radical (unpaired) electrons. The fourth-order valence-corrected chi connectivity index (χ4v) is 1.96. The van der Waals surface area contributed by atoms with Crippen LogP contribution in [0.3, 0.4) is 0 Å². The number of carbonyl (C=O) groups excluding carboxylic acids is 1. The molecular weight excluding hydrogens is 340 g/mol. The standard InChI is InChI=1S/C13H13BrN4O3/c1-20-10-4-3-8(5-11(10)21-2)6-15-18-13(19)12-9(14)7-16-17-12/h3-7H,1-2H3,(H,16,17)(H,18,19). The molecule has 0 aliphatic rings. The monoisotopic (exact) mass is 352 g/mol. The van der Waals surface area contributed by atoms with Crippen LogP contribution < -0.4 is 14.9 Å². The minimum Gasteiger partial charge on any atom is -0.493 e. The Bertz CT molecular complexity index is 669. The summed E-state index contributed by atoms with van der Waals surface area (Å²) in [4.78, 5) is 11.8. The van der Waals surface area contributed by atoms with Gasteiger partial charge in [0, 0.05) is 0 Å². The predicted molar refractivity (Wildman–Crippen MR) is 80.9 cm³/mol. The Balaban J connectivity index is 2.05. The molecule has 0 spiro atoms. The van der Waals surface area contributed by atoms with Crippen LogP contribution in [0.4, 0.5) is 0 Å². The Morgan fingerprint density at radius 3 is 2.76 bits per heavy atom. The molecule has 7 nitrogen and oxygen atoms in total. The molecule has 0 fully saturated rings. The number of hydrogen-bond donors (Lipinski definition) is 2. The van der Waals surface area contributed by atoms with Crippen molar-refractivity contribution in [1.29, 1.82) is 0 Å². The Morgan fingerprint density at radius 2 is 2.14 bits per heavy atom. The van der Waals surface area contributed by atoms with Crippen LogP contribution in [0.5, 0.6) is 11.5 Å². The largest absolute Gasteiger partial charge is 0.493 e. The van der Waals surface area contributed by atoms with Crippen molar-refractivity contribution < 1.29 is 14.3 Å². The lowest BCUT2D eigenvalue weighted by molar-refractivity contribution is 0.0949. The van der Waals surface area contributed by atoms with Crippen LogP contribution >= 0.6 is 15.9 Å². The maximum atomic E-state index is 11.8. The molecular formula is C13H13BrN4O3. The molecule has 0 unspecified atom stereocenters. The second-order valence-corrected chi connectivity index (χ2v) is 4.76. The smallest absolute Gasteiger partial charge is 0.290 e. The molecule has 1 amide bonds. The summed E-state index contributed by atoms with van der Waals surface area (Å²) in [7, 11) is 3.12. The summed E-state index contributed by atoms with van der Waals surface area (Å²) in [5.41, 5.74) is 3.46. The zero-order valence-electron chi connectivity index (χ0n) is 11.4. The lowest BCUT2D eigenvalue weighted by Crippen LogP contribution is -2.18. The van der Waals surface area contributed by atoms with Gasteiger partial charge in [-0.15, -0.1) is 0 Å². The van der Waals surface area contributed by atoms with Gasteiger partial charge >= 0.3 is 0 Å². The molecule has 0 atom stereocenters. The molecule has 0 aliphatic heterocycles. The highest BCUT2D eigenvalue weighted by Gasteiger charge is 2.10. The maximum absolute atomic E-state index is 11.8. The molecule has 2 N–H and O–H groups in total. The van der Waals surface area contributed by atoms with E-state index in [1.807, 2.05) is 0 Å². The Labute approximate surface area is 129 Å². The molecule has 2 aromatic rings. The second-order valence-electron chi connectivity index (χ2n) is 3.91. The molecule has 8 heteroatoms. The first-order valence-corrected chi connectivity index (χ1v) is 6.69. The van der Waals surface area contributed by atoms with E-state index in [0.29, 0.717) is 21.7 Å². The fourth-order valence-electron chi connectivity index (χ4n) is 1.59. The number of hydrogen-bond acceptors (Lipinski definition) is 5. The number of methoxy groups -OCH3 is 2. The van der Waals surface area contributed by atoms with Gasteiger partial charge < -0.3 is 9.47 Å². The predicted octanol–water partition coefficient (Wildman–Crippen LogP) is 1.95. The molecule has 21 heavy (non-hydrogen) atoms. The molecule has 110 valence electrons. The molecule has 1 aromatic carbocycles. The number of carbonyl (C=O) groups is 1. The lowest BCUT2D eigenvalue weighted by Gasteiger charge is -2.07. The van der Waals surface area contributed by atoms with Crippen LogP contribution in [0.25, 0.3) is 0 Å². The SMILES string of the molecule is COc1ccc(C=NNC(=O)c2[nH]ncc2Br)cc1OC. The Hall–Kier alpha value is -2.35. The van der Waals surface area contributed by atoms with E-state index in [-0.39, 0.29) is 0 Å². The number of aromatic amines is 1. The average Bonchev–Trinajstić information content (AvgIpc) is 2.93. The van der Waals surface area contributed by atoms with Gasteiger partial charge in [0.15, 0.2) is 11.5 Å². The summed E-state index contributed by atoms with van der Waals surface area (Å²) in [6.07, 6.45) is 3.00. The number of halogens is 1. The third-order valence-electron chi connectivity index (χ3n) is 2.61. The van der Waals surface area contributed by atoms with Gasteiger partial charge in [0.2, 0.25) is 0 Å². The van der Waals surface area contributed by atoms with Crippen LogP contribution in [-0.4, -0.2) is 36.5 Å². The van der Waals surface area contributed by atoms with Crippen molar-refractivity contribution in [2.45, 2.75) is 0 Å². The minimum absolute atomic E-state index is 0.305. The number of hydrazone groups is 1. The van der Waals surface area contributed by atoms with E-state index >= 15 is 0 Å². The number of benzene rings is 1. The van der Waals surface area contributed by atoms with Crippen LogP contribution in [0, 0.1) is 0 Å². The zero-order valence-corrected chi connectivity index (χ0v) is 13.0. The molecule has 1 heterocycles. The fraction of sp³-hybridized carbons (Fsp3) is 0.154. The summed E-state index contributed by atoms with van der Waals surface area (Å²) < 4.78 is 10.9. The lowest BCUT2D eigenvalue weighted by atomic mass is 10.2. The first kappa shape index (κ1) is 15.0. The number of nitrogens with zero attached hydrogens (tertiary/aromatic N) is 2. The minimum atomic E-state index is -0.392. The van der Waals surface area contributed by atoms with E-state index in [0.717, 1.165) is 5.56 Å². The summed E-state index contributed by atoms with van der Waals surface area (Å²) >= 11 is 3.20. The molecule has 0 saturated heterocycles. The van der Waals surface area contributed by atoms with Gasteiger partial charge in [-0.2, -0.15) is 10.2 Å². The van der Waals surface area contributed by atoms with Crippen molar-refractivity contribution in [1.82, 2.24) is 15.6 Å². The van der Waals surface area contributed by atoms with Crippen LogP contribution in [0.2, 0.25) is 0 Å². The summed E-state index contributed by atoms with van der Waals surface area (Å²) in [5, 5.41) is 10.2. The van der Waals surface area contributed by atoms with E-state index < -0.39 is 5.91 Å². The maximum Gasteiger partial charge on any atom is 0.290 e. The van der Waals surface area contributed by atoms with E-state index in [2.05, 4.69) is 36.7 Å². The van der Waals surface area contributed by atoms with Gasteiger partial charge in [0.05, 0.1) is 31.1 Å². The van der Waals surface area contributed by atoms with Crippen molar-refractivity contribution >= 4 is 28.1 Å². The van der Waals surface area contributed by atoms with Gasteiger partial charge in [-0.1, -0.05) is 0 Å². The first-order chi connectivity index (χ1) is 10.2. The number of ether oxygens (including phenoxy) is 2. The summed E-state index contributed by atoms with van der Waals surface area (Å²) in [6, 6.07) is 5.30. The van der Waals surface area contributed by atoms with Gasteiger partial charge in [-0.05, 0) is 39.7 Å². The van der Waals surface area contributed by atoms with Crippen molar-refractivity contribution in [2.75, 3.05) is 14.2 Å². The van der Waals surface area contributed by atoms with Crippen molar-refractivity contribution in [2.24, 2.45) is 5.10 Å². The number of aromatic nitrogens is 2. The van der Waals surface area contributed by atoms with Crippen LogP contribution in [0.15, 0.2) is 34.0 Å². The molecule has 2 rings (SSSR count). The third-order valence-corrected chi connectivity index (χ3v) is 3.21. The first-order valence-electron chi connectivity index (χ1n) is 5.90. The summed E-state index contributed by atoms with van der Waals surface area (Å²) in [5.74, 6) is 0.820. The number of nitrogens with one attached hydrogen (secondary N) is 2. The van der Waals surface area contributed by atoms with Crippen molar-refractivity contribution in [3.63, 3.8) is 0 Å². The molecule has 0 saturated carbocycles. The van der Waals surface area contributed by atoms with Crippen molar-refractivity contribution in [3.8, 4) is 11.5 Å². The molecule has 1 aromatic heterocycles.